The second kappa shape index (κ2) is 6.48. The van der Waals surface area contributed by atoms with E-state index in [0.717, 1.165) is 15.7 Å². The molecule has 0 aliphatic rings. The van der Waals surface area contributed by atoms with Crippen LogP contribution in [0.25, 0.3) is 0 Å². The molecule has 1 unspecified atom stereocenters. The highest BCUT2D eigenvalue weighted by atomic mass is 79.9. The maximum absolute atomic E-state index is 11.4. The number of hydrogen-bond donors (Lipinski definition) is 1. The smallest absolute Gasteiger partial charge is 0.310 e. The van der Waals surface area contributed by atoms with Crippen molar-refractivity contribution in [2.24, 2.45) is 0 Å². The summed E-state index contributed by atoms with van der Waals surface area (Å²) in [5.74, 6) is -1.28. The fourth-order valence-electron chi connectivity index (χ4n) is 1.97. The predicted molar refractivity (Wildman–Crippen MR) is 77.1 cm³/mol. The number of nitrogens with zero attached hydrogens (tertiary/aromatic N) is 1. The fraction of sp³-hybridized carbons (Fsp3) is 0.200. The van der Waals surface area contributed by atoms with Crippen LogP contribution in [-0.2, 0) is 11.2 Å². The maximum Gasteiger partial charge on any atom is 0.310 e. The van der Waals surface area contributed by atoms with E-state index in [1.165, 1.54) is 0 Å². The summed E-state index contributed by atoms with van der Waals surface area (Å²) in [6.07, 6.45) is 2.94. The molecule has 0 fully saturated rings. The van der Waals surface area contributed by atoms with Crippen LogP contribution < -0.4 is 0 Å². The molecule has 0 saturated heterocycles. The number of aryl methyl sites for hydroxylation is 1. The Labute approximate surface area is 120 Å². The number of carboxylic acid groups (broad SMARTS) is 1. The topological polar surface area (TPSA) is 50.2 Å². The predicted octanol–water partition coefficient (Wildman–Crippen LogP) is 3.65. The van der Waals surface area contributed by atoms with Crippen molar-refractivity contribution in [2.45, 2.75) is 18.8 Å². The number of halogens is 1. The van der Waals surface area contributed by atoms with Crippen molar-refractivity contribution in [1.82, 2.24) is 4.98 Å². The highest BCUT2D eigenvalue weighted by molar-refractivity contribution is 9.10. The molecule has 0 amide bonds. The summed E-state index contributed by atoms with van der Waals surface area (Å²) in [4.78, 5) is 15.6. The molecule has 1 atom stereocenters. The molecular weight excluding hydrogens is 306 g/mol. The number of pyridine rings is 1. The van der Waals surface area contributed by atoms with Gasteiger partial charge in [0.1, 0.15) is 0 Å². The van der Waals surface area contributed by atoms with Gasteiger partial charge in [-0.1, -0.05) is 34.1 Å². The Hall–Kier alpha value is -1.68. The number of carboxylic acids is 1. The molecule has 98 valence electrons. The highest BCUT2D eigenvalue weighted by Gasteiger charge is 2.19. The molecule has 1 N–H and O–H groups in total. The Morgan fingerprint density at radius 1 is 1.21 bits per heavy atom. The Morgan fingerprint density at radius 2 is 1.95 bits per heavy atom. The van der Waals surface area contributed by atoms with Crippen LogP contribution in [0.2, 0.25) is 0 Å². The molecule has 0 saturated carbocycles. The van der Waals surface area contributed by atoms with E-state index in [0.29, 0.717) is 12.8 Å². The first-order valence-electron chi connectivity index (χ1n) is 6.05. The Morgan fingerprint density at radius 3 is 2.53 bits per heavy atom. The van der Waals surface area contributed by atoms with Gasteiger partial charge in [0, 0.05) is 16.4 Å². The van der Waals surface area contributed by atoms with Crippen molar-refractivity contribution >= 4 is 21.9 Å². The zero-order valence-corrected chi connectivity index (χ0v) is 11.9. The second-order valence-corrected chi connectivity index (χ2v) is 5.22. The van der Waals surface area contributed by atoms with Gasteiger partial charge in [-0.05, 0) is 42.7 Å². The summed E-state index contributed by atoms with van der Waals surface area (Å²) < 4.78 is 0.949. The van der Waals surface area contributed by atoms with Crippen molar-refractivity contribution in [3.05, 3.63) is 64.4 Å². The van der Waals surface area contributed by atoms with Crippen molar-refractivity contribution < 1.29 is 9.90 Å². The average molecular weight is 320 g/mol. The SMILES string of the molecule is O=C(O)C(CCc1ccccn1)c1ccc(Br)cc1. The lowest BCUT2D eigenvalue weighted by molar-refractivity contribution is -0.138. The molecule has 1 aromatic heterocycles. The van der Waals surface area contributed by atoms with Crippen LogP contribution in [0, 0.1) is 0 Å². The minimum atomic E-state index is -0.793. The lowest BCUT2D eigenvalue weighted by Crippen LogP contribution is -2.12. The molecule has 3 nitrogen and oxygen atoms in total. The van der Waals surface area contributed by atoms with E-state index in [4.69, 9.17) is 0 Å². The molecule has 0 spiro atoms. The highest BCUT2D eigenvalue weighted by Crippen LogP contribution is 2.23. The first kappa shape index (κ1) is 13.7. The third kappa shape index (κ3) is 3.89. The quantitative estimate of drug-likeness (QED) is 0.915. The summed E-state index contributed by atoms with van der Waals surface area (Å²) in [7, 11) is 0. The van der Waals surface area contributed by atoms with Crippen LogP contribution in [-0.4, -0.2) is 16.1 Å². The molecule has 1 heterocycles. The standard InChI is InChI=1S/C15H14BrNO2/c16-12-6-4-11(5-7-12)14(15(18)19)9-8-13-3-1-2-10-17-13/h1-7,10,14H,8-9H2,(H,18,19). The minimum Gasteiger partial charge on any atom is -0.481 e. The van der Waals surface area contributed by atoms with Gasteiger partial charge in [-0.25, -0.2) is 0 Å². The van der Waals surface area contributed by atoms with Gasteiger partial charge in [0.25, 0.3) is 0 Å². The minimum absolute atomic E-state index is 0.491. The summed E-state index contributed by atoms with van der Waals surface area (Å²) >= 11 is 3.35. The van der Waals surface area contributed by atoms with Crippen molar-refractivity contribution in [3.8, 4) is 0 Å². The molecule has 0 aliphatic carbocycles. The maximum atomic E-state index is 11.4. The zero-order valence-electron chi connectivity index (χ0n) is 10.3. The van der Waals surface area contributed by atoms with E-state index >= 15 is 0 Å². The first-order chi connectivity index (χ1) is 9.16. The molecule has 0 radical (unpaired) electrons. The number of hydrogen-bond acceptors (Lipinski definition) is 2. The molecule has 0 aliphatic heterocycles. The van der Waals surface area contributed by atoms with Crippen LogP contribution in [0.1, 0.15) is 23.6 Å². The number of aromatic nitrogens is 1. The van der Waals surface area contributed by atoms with Gasteiger partial charge in [-0.3, -0.25) is 9.78 Å². The Balaban J connectivity index is 2.09. The van der Waals surface area contributed by atoms with Crippen LogP contribution >= 0.6 is 15.9 Å². The molecule has 1 aromatic carbocycles. The van der Waals surface area contributed by atoms with Gasteiger partial charge in [0.05, 0.1) is 5.92 Å². The van der Waals surface area contributed by atoms with Crippen LogP contribution in [0.15, 0.2) is 53.1 Å². The largest absolute Gasteiger partial charge is 0.481 e. The second-order valence-electron chi connectivity index (χ2n) is 4.30. The molecule has 4 heteroatoms. The third-order valence-electron chi connectivity index (χ3n) is 2.99. The normalized spacial score (nSPS) is 12.1. The van der Waals surface area contributed by atoms with Gasteiger partial charge in [-0.2, -0.15) is 0 Å². The van der Waals surface area contributed by atoms with Gasteiger partial charge in [0.15, 0.2) is 0 Å². The average Bonchev–Trinajstić information content (AvgIpc) is 2.42. The fourth-order valence-corrected chi connectivity index (χ4v) is 2.23. The third-order valence-corrected chi connectivity index (χ3v) is 3.51. The van der Waals surface area contributed by atoms with E-state index in [9.17, 15) is 9.90 Å². The van der Waals surface area contributed by atoms with Crippen LogP contribution in [0.3, 0.4) is 0 Å². The van der Waals surface area contributed by atoms with Gasteiger partial charge in [0.2, 0.25) is 0 Å². The van der Waals surface area contributed by atoms with E-state index < -0.39 is 11.9 Å². The summed E-state index contributed by atoms with van der Waals surface area (Å²) in [6, 6.07) is 13.1. The molecular formula is C15H14BrNO2. The van der Waals surface area contributed by atoms with Crippen LogP contribution in [0.4, 0.5) is 0 Å². The van der Waals surface area contributed by atoms with Crippen molar-refractivity contribution in [2.75, 3.05) is 0 Å². The van der Waals surface area contributed by atoms with Gasteiger partial charge in [-0.15, -0.1) is 0 Å². The summed E-state index contributed by atoms with van der Waals surface area (Å²) in [5.41, 5.74) is 1.75. The molecule has 2 aromatic rings. The van der Waals surface area contributed by atoms with E-state index in [2.05, 4.69) is 20.9 Å². The van der Waals surface area contributed by atoms with Crippen molar-refractivity contribution in [1.29, 1.82) is 0 Å². The van der Waals surface area contributed by atoms with E-state index in [1.807, 2.05) is 42.5 Å². The Bertz CT molecular complexity index is 540. The van der Waals surface area contributed by atoms with Crippen LogP contribution in [0.5, 0.6) is 0 Å². The van der Waals surface area contributed by atoms with E-state index in [-0.39, 0.29) is 0 Å². The molecule has 0 bridgehead atoms. The van der Waals surface area contributed by atoms with Gasteiger partial charge >= 0.3 is 5.97 Å². The van der Waals surface area contributed by atoms with Gasteiger partial charge < -0.3 is 5.11 Å². The number of aliphatic carboxylic acids is 1. The molecule has 2 rings (SSSR count). The first-order valence-corrected chi connectivity index (χ1v) is 6.84. The zero-order chi connectivity index (χ0) is 13.7. The molecule has 19 heavy (non-hydrogen) atoms. The van der Waals surface area contributed by atoms with Crippen molar-refractivity contribution in [3.63, 3.8) is 0 Å². The Kier molecular flexibility index (Phi) is 4.68. The lowest BCUT2D eigenvalue weighted by atomic mass is 9.93. The lowest BCUT2D eigenvalue weighted by Gasteiger charge is -2.12. The number of benzene rings is 1. The number of rotatable bonds is 5. The summed E-state index contributed by atoms with van der Waals surface area (Å²) in [6.45, 7) is 0. The summed E-state index contributed by atoms with van der Waals surface area (Å²) in [5, 5.41) is 9.34. The number of carbonyl (C=O) groups is 1. The monoisotopic (exact) mass is 319 g/mol. The van der Waals surface area contributed by atoms with E-state index in [1.54, 1.807) is 6.20 Å².